The molecule has 11 aliphatic rings. The standard InChI is InChI=1S/2C12H16ClN.2C12H17NO.2C12H13NO.2C12H15N.C9H9N.C3H5ClO.5CH4.ClH/c2*1-9-2-4-10(5-3-9)12(8-14)6-11(12)7-13;4*1-9-2-4-10(5-3-9)12(8-13)6-11(12)7-14;2*1-9-2-4-10(5-3-9)12-6-11(12)7-13-8-12;1-8-2-4-9(5-3-8)6-7-10;4-1-3-2-5-3;;;;;;/h2*2-5,11H,6-8,14H2,1H3;2*2-5,11,14H,6-8,13H2,1H3;2*2-5,11,14H,6-7H2,1H3;2*2-5,11,13H,6-8H2,1H3;2-5H,6H2,1H3;3H,1-2H2;5*1H4;1H/t11-,12+;11-,12-;11-,12+;11-,12-;11-,12+;11-,12-;2*11-,12+;;3-;;;;;;/m11111111.1....../s1. The first-order valence-electron chi connectivity index (χ1n) is 45.0. The van der Waals surface area contributed by atoms with Gasteiger partial charge in [-0.25, -0.2) is 0 Å². The molecule has 0 bridgehead atoms. The number of alkyl halides is 3. The fourth-order valence-corrected chi connectivity index (χ4v) is 20.0. The summed E-state index contributed by atoms with van der Waals surface area (Å²) in [6.45, 7) is 27.9. The van der Waals surface area contributed by atoms with Gasteiger partial charge in [-0.2, -0.15) is 15.8 Å². The minimum atomic E-state index is -0.400. The van der Waals surface area contributed by atoms with Gasteiger partial charge in [0.25, 0.3) is 0 Å². The number of benzene rings is 9. The summed E-state index contributed by atoms with van der Waals surface area (Å²) >= 11 is 17.0. The van der Waals surface area contributed by atoms with Crippen LogP contribution in [0.25, 0.3) is 0 Å². The van der Waals surface area contributed by atoms with Gasteiger partial charge in [-0.1, -0.05) is 306 Å². The lowest BCUT2D eigenvalue weighted by Gasteiger charge is -2.15. The van der Waals surface area contributed by atoms with E-state index in [2.05, 4.69) is 216 Å². The predicted octanol–water partition coefficient (Wildman–Crippen LogP) is 20.8. The number of nitrogens with zero attached hydrogens (tertiary/aromatic N) is 3. The van der Waals surface area contributed by atoms with Gasteiger partial charge in [-0.15, -0.1) is 47.2 Å². The summed E-state index contributed by atoms with van der Waals surface area (Å²) in [6.07, 6.45) is 9.67. The molecule has 14 N–H and O–H groups in total. The maximum atomic E-state index is 9.13. The first-order valence-corrected chi connectivity index (χ1v) is 46.6. The van der Waals surface area contributed by atoms with Crippen molar-refractivity contribution in [2.24, 2.45) is 70.3 Å². The largest absolute Gasteiger partial charge is 0.396 e. The van der Waals surface area contributed by atoms with E-state index in [1.165, 1.54) is 111 Å². The summed E-state index contributed by atoms with van der Waals surface area (Å²) in [5.74, 6) is 6.14. The third-order valence-electron chi connectivity index (χ3n) is 29.2. The van der Waals surface area contributed by atoms with Gasteiger partial charge in [-0.05, 0) is 212 Å². The van der Waals surface area contributed by atoms with E-state index in [0.717, 1.165) is 85.4 Å². The van der Waals surface area contributed by atoms with E-state index in [-0.39, 0.29) is 109 Å². The minimum absolute atomic E-state index is 0. The van der Waals surface area contributed by atoms with E-state index in [0.29, 0.717) is 79.1 Å². The number of rotatable bonds is 20. The topological polar surface area (TPSA) is 293 Å². The Morgan fingerprint density at radius 2 is 0.557 bits per heavy atom. The summed E-state index contributed by atoms with van der Waals surface area (Å²) in [5, 5.41) is 69.9. The normalized spacial score (nSPS) is 28.4. The molecule has 0 spiro atoms. The molecule has 20 rings (SSSR count). The number of fused-ring (bicyclic) bond motifs is 2. The van der Waals surface area contributed by atoms with Crippen LogP contribution in [0.2, 0.25) is 0 Å². The van der Waals surface area contributed by atoms with Crippen molar-refractivity contribution in [1.82, 2.24) is 10.6 Å². The number of halogens is 4. The van der Waals surface area contributed by atoms with Gasteiger partial charge in [0.15, 0.2) is 0 Å². The summed E-state index contributed by atoms with van der Waals surface area (Å²) in [4.78, 5) is 0. The molecule has 8 saturated carbocycles. The predicted molar refractivity (Wildman–Crippen MR) is 553 cm³/mol. The number of nitrogens with one attached hydrogen (secondary N) is 2. The Balaban J connectivity index is 0.000000258. The highest BCUT2D eigenvalue weighted by Crippen LogP contribution is 2.60. The molecular formula is C113H157Cl4N9O5. The third-order valence-corrected chi connectivity index (χ3v) is 30.3. The second kappa shape index (κ2) is 50.7. The fraction of sp³-hybridized carbons (Fsp3) is 0.496. The molecule has 0 aromatic heterocycles. The Kier molecular flexibility index (Phi) is 44.0. The van der Waals surface area contributed by atoms with Crippen LogP contribution in [0, 0.1) is 144 Å². The number of epoxide rings is 1. The smallest absolute Gasteiger partial charge is 0.0944 e. The molecule has 0 amide bonds. The summed E-state index contributed by atoms with van der Waals surface area (Å²) in [6, 6.07) is 83.3. The van der Waals surface area contributed by atoms with Crippen molar-refractivity contribution in [3.8, 4) is 18.2 Å². The number of aliphatic hydroxyl groups excluding tert-OH is 4. The molecule has 9 aromatic rings. The Bertz CT molecular complexity index is 4620. The van der Waals surface area contributed by atoms with E-state index in [9.17, 15) is 0 Å². The van der Waals surface area contributed by atoms with Crippen molar-refractivity contribution >= 4 is 47.2 Å². The van der Waals surface area contributed by atoms with Crippen LogP contribution < -0.4 is 33.6 Å². The molecule has 9 aromatic carbocycles. The van der Waals surface area contributed by atoms with Crippen LogP contribution in [0.1, 0.15) is 189 Å². The van der Waals surface area contributed by atoms with E-state index in [4.69, 9.17) is 98.7 Å². The summed E-state index contributed by atoms with van der Waals surface area (Å²) in [7, 11) is 0. The highest BCUT2D eigenvalue weighted by molar-refractivity contribution is 6.18. The van der Waals surface area contributed by atoms with Crippen LogP contribution in [0.4, 0.5) is 0 Å². The van der Waals surface area contributed by atoms with Gasteiger partial charge in [0, 0.05) is 122 Å². The van der Waals surface area contributed by atoms with Gasteiger partial charge in [0.2, 0.25) is 0 Å². The van der Waals surface area contributed by atoms with Crippen molar-refractivity contribution in [3.63, 3.8) is 0 Å². The molecule has 0 radical (unpaired) electrons. The average molecular weight is 1860 g/mol. The zero-order valence-electron chi connectivity index (χ0n) is 75.5. The number of ether oxygens (including phenoxy) is 1. The van der Waals surface area contributed by atoms with Gasteiger partial charge in [0.1, 0.15) is 0 Å². The van der Waals surface area contributed by atoms with Gasteiger partial charge < -0.3 is 58.7 Å². The van der Waals surface area contributed by atoms with Crippen LogP contribution in [0.15, 0.2) is 218 Å². The molecule has 17 atom stereocenters. The van der Waals surface area contributed by atoms with Crippen LogP contribution in [0.3, 0.4) is 0 Å². The van der Waals surface area contributed by atoms with Gasteiger partial charge >= 0.3 is 0 Å². The highest BCUT2D eigenvalue weighted by Gasteiger charge is 2.61. The first-order chi connectivity index (χ1) is 60.2. The number of aliphatic hydroxyl groups is 4. The number of nitriles is 3. The van der Waals surface area contributed by atoms with Crippen LogP contribution in [0.5, 0.6) is 0 Å². The molecule has 3 saturated heterocycles. The molecule has 712 valence electrons. The van der Waals surface area contributed by atoms with Crippen molar-refractivity contribution < 1.29 is 25.2 Å². The monoisotopic (exact) mass is 1860 g/mol. The van der Waals surface area contributed by atoms with Gasteiger partial charge in [0.05, 0.1) is 54.0 Å². The van der Waals surface area contributed by atoms with Crippen LogP contribution in [-0.4, -0.2) is 130 Å². The van der Waals surface area contributed by atoms with Crippen LogP contribution in [-0.2, 0) is 54.5 Å². The zero-order chi connectivity index (χ0) is 90.0. The number of hydrogen-bond acceptors (Lipinski definition) is 14. The molecule has 11 fully saturated rings. The fourth-order valence-electron chi connectivity index (χ4n) is 19.1. The Morgan fingerprint density at radius 1 is 0.328 bits per heavy atom. The summed E-state index contributed by atoms with van der Waals surface area (Å²) < 4.78 is 4.73. The minimum Gasteiger partial charge on any atom is -0.396 e. The molecule has 3 aliphatic heterocycles. The second-order valence-electron chi connectivity index (χ2n) is 37.8. The number of aryl methyl sites for hydroxylation is 9. The lowest BCUT2D eigenvalue weighted by Crippen LogP contribution is -2.23. The lowest BCUT2D eigenvalue weighted by atomic mass is 9.93. The van der Waals surface area contributed by atoms with E-state index < -0.39 is 10.8 Å². The van der Waals surface area contributed by atoms with E-state index >= 15 is 0 Å². The van der Waals surface area contributed by atoms with Crippen LogP contribution >= 0.6 is 47.2 Å². The van der Waals surface area contributed by atoms with E-state index in [1.54, 1.807) is 11.1 Å². The average Bonchev–Trinajstić information content (AvgIpc) is 1.55. The quantitative estimate of drug-likeness (QED) is 0.0251. The highest BCUT2D eigenvalue weighted by atomic mass is 35.5. The molecule has 131 heavy (non-hydrogen) atoms. The molecule has 14 nitrogen and oxygen atoms in total. The van der Waals surface area contributed by atoms with Crippen molar-refractivity contribution in [1.29, 1.82) is 15.8 Å². The molecular weight excluding hydrogens is 1710 g/mol. The first kappa shape index (κ1) is 114. The molecule has 3 heterocycles. The zero-order valence-corrected chi connectivity index (χ0v) is 78.6. The SMILES string of the molecule is C.C.C.C.C.Cc1ccc(CC#N)cc1.Cc1ccc([C@@]2(C#N)C[C@@H]2CO)cc1.Cc1ccc([C@@]2(CN)C[C@@H]2CCl)cc1.Cc1ccc([C@@]2(CN)C[C@@H]2CO)cc1.Cc1ccc([C@]2(C#N)C[C@@H]2CO)cc1.Cc1ccc([C@]2(CN)C[C@@H]2CCl)cc1.Cc1ccc([C@]2(CN)C[C@@H]2CO)cc1.Cc1ccc([C@]23CNC[C@H]2C3)cc1.Cc1ccc([C@]23CNC[C@H]2C3)cc1.Cl.ClC[C@@H]1CO1. The van der Waals surface area contributed by atoms with Gasteiger partial charge in [-0.3, -0.25) is 0 Å². The van der Waals surface area contributed by atoms with Crippen molar-refractivity contribution in [2.75, 3.05) is 103 Å². The second-order valence-corrected chi connectivity index (χ2v) is 38.7. The summed E-state index contributed by atoms with van der Waals surface area (Å²) in [5.41, 5.74) is 47.1. The Morgan fingerprint density at radius 3 is 0.718 bits per heavy atom. The van der Waals surface area contributed by atoms with Crippen molar-refractivity contribution in [3.05, 3.63) is 319 Å². The third kappa shape index (κ3) is 27.3. The molecule has 8 aliphatic carbocycles. The Hall–Kier alpha value is -7.83. The maximum Gasteiger partial charge on any atom is 0.0944 e. The molecule has 0 unspecified atom stereocenters. The number of hydrogen-bond donors (Lipinski definition) is 10. The van der Waals surface area contributed by atoms with Crippen molar-refractivity contribution in [2.45, 2.75) is 207 Å². The maximum absolute atomic E-state index is 9.13. The number of nitrogens with two attached hydrogens (primary N) is 4. The Labute approximate surface area is 809 Å². The van der Waals surface area contributed by atoms with E-state index in [1.807, 2.05) is 93.6 Å². The molecule has 18 heteroatoms. The lowest BCUT2D eigenvalue weighted by molar-refractivity contribution is 0.264. The number of piperidine rings is 2.